The summed E-state index contributed by atoms with van der Waals surface area (Å²) < 4.78 is 0. The average molecular weight is 338 g/mol. The Balaban J connectivity index is 1.36. The van der Waals surface area contributed by atoms with Gasteiger partial charge in [-0.1, -0.05) is 30.3 Å². The van der Waals surface area contributed by atoms with E-state index in [1.54, 1.807) is 17.4 Å². The predicted octanol–water partition coefficient (Wildman–Crippen LogP) is 3.42. The third-order valence-corrected chi connectivity index (χ3v) is 5.92. The van der Waals surface area contributed by atoms with Gasteiger partial charge >= 0.3 is 0 Å². The molecule has 124 valence electrons. The fraction of sp³-hybridized carbons (Fsp3) is 0.350. The van der Waals surface area contributed by atoms with E-state index in [-0.39, 0.29) is 5.91 Å². The number of thiophene rings is 1. The van der Waals surface area contributed by atoms with E-state index >= 15 is 0 Å². The molecule has 4 heteroatoms. The van der Waals surface area contributed by atoms with E-state index in [4.69, 9.17) is 0 Å². The summed E-state index contributed by atoms with van der Waals surface area (Å²) in [5, 5.41) is 2.03. The van der Waals surface area contributed by atoms with Gasteiger partial charge < -0.3 is 4.90 Å². The molecule has 0 saturated carbocycles. The largest absolute Gasteiger partial charge is 0.338 e. The van der Waals surface area contributed by atoms with Gasteiger partial charge in [-0.3, -0.25) is 9.69 Å². The van der Waals surface area contributed by atoms with Gasteiger partial charge in [0.25, 0.3) is 0 Å². The Morgan fingerprint density at radius 3 is 2.83 bits per heavy atom. The van der Waals surface area contributed by atoms with E-state index < -0.39 is 0 Å². The molecule has 2 aliphatic heterocycles. The summed E-state index contributed by atoms with van der Waals surface area (Å²) in [4.78, 5) is 18.1. The molecule has 1 amide bonds. The molecule has 0 radical (unpaired) electrons. The maximum absolute atomic E-state index is 12.4. The highest BCUT2D eigenvalue weighted by molar-refractivity contribution is 7.10. The van der Waals surface area contributed by atoms with Crippen molar-refractivity contribution < 1.29 is 4.79 Å². The number of amides is 1. The first kappa shape index (κ1) is 15.6. The number of carbonyl (C=O) groups excluding carboxylic acids is 1. The minimum atomic E-state index is 0.142. The molecule has 1 atom stereocenters. The second-order valence-electron chi connectivity index (χ2n) is 6.56. The average Bonchev–Trinajstić information content (AvgIpc) is 3.31. The van der Waals surface area contributed by atoms with Crippen LogP contribution in [-0.2, 0) is 17.8 Å². The number of rotatable bonds is 3. The zero-order valence-corrected chi connectivity index (χ0v) is 14.5. The maximum Gasteiger partial charge on any atom is 0.246 e. The van der Waals surface area contributed by atoms with Gasteiger partial charge in [-0.25, -0.2) is 0 Å². The molecule has 0 N–H and O–H groups in total. The molecular formula is C20H22N2OS. The zero-order chi connectivity index (χ0) is 16.4. The van der Waals surface area contributed by atoms with Gasteiger partial charge in [-0.05, 0) is 41.5 Å². The van der Waals surface area contributed by atoms with Crippen LogP contribution in [0.25, 0.3) is 6.08 Å². The minimum absolute atomic E-state index is 0.142. The minimum Gasteiger partial charge on any atom is -0.338 e. The van der Waals surface area contributed by atoms with E-state index in [2.05, 4.69) is 29.2 Å². The highest BCUT2D eigenvalue weighted by Crippen LogP contribution is 2.24. The first-order chi connectivity index (χ1) is 11.8. The summed E-state index contributed by atoms with van der Waals surface area (Å²) in [7, 11) is 0. The summed E-state index contributed by atoms with van der Waals surface area (Å²) in [6.07, 6.45) is 5.86. The molecule has 1 aromatic heterocycles. The lowest BCUT2D eigenvalue weighted by Gasteiger charge is -2.33. The maximum atomic E-state index is 12.4. The molecule has 0 aliphatic carbocycles. The van der Waals surface area contributed by atoms with Gasteiger partial charge in [0.1, 0.15) is 0 Å². The third-order valence-electron chi connectivity index (χ3n) is 5.08. The van der Waals surface area contributed by atoms with Crippen LogP contribution >= 0.6 is 11.3 Å². The SMILES string of the molecule is O=C(C=Cc1cccs1)N1CCC(N2CCc3ccccc3C2)C1. The second kappa shape index (κ2) is 6.91. The van der Waals surface area contributed by atoms with E-state index in [0.29, 0.717) is 6.04 Å². The van der Waals surface area contributed by atoms with Gasteiger partial charge in [0, 0.05) is 43.2 Å². The molecule has 3 nitrogen and oxygen atoms in total. The molecule has 1 aromatic carbocycles. The van der Waals surface area contributed by atoms with Gasteiger partial charge in [-0.15, -0.1) is 11.3 Å². The fourth-order valence-electron chi connectivity index (χ4n) is 3.71. The highest BCUT2D eigenvalue weighted by atomic mass is 32.1. The summed E-state index contributed by atoms with van der Waals surface area (Å²) in [5.74, 6) is 0.142. The molecule has 0 bridgehead atoms. The smallest absolute Gasteiger partial charge is 0.246 e. The second-order valence-corrected chi connectivity index (χ2v) is 7.54. The molecule has 2 aliphatic rings. The van der Waals surface area contributed by atoms with Gasteiger partial charge in [0.05, 0.1) is 0 Å². The molecule has 1 saturated heterocycles. The zero-order valence-electron chi connectivity index (χ0n) is 13.7. The molecule has 1 unspecified atom stereocenters. The Morgan fingerprint density at radius 1 is 1.12 bits per heavy atom. The first-order valence-corrected chi connectivity index (χ1v) is 9.49. The summed E-state index contributed by atoms with van der Waals surface area (Å²) in [5.41, 5.74) is 2.93. The standard InChI is InChI=1S/C20H22N2OS/c23-20(8-7-19-6-3-13-24-19)22-12-10-18(15-22)21-11-9-16-4-1-2-5-17(16)14-21/h1-8,13,18H,9-12,14-15H2. The van der Waals surface area contributed by atoms with Crippen molar-refractivity contribution in [3.63, 3.8) is 0 Å². The molecule has 2 aromatic rings. The summed E-state index contributed by atoms with van der Waals surface area (Å²) >= 11 is 1.66. The fourth-order valence-corrected chi connectivity index (χ4v) is 4.33. The quantitative estimate of drug-likeness (QED) is 0.801. The van der Waals surface area contributed by atoms with Crippen LogP contribution in [0.5, 0.6) is 0 Å². The van der Waals surface area contributed by atoms with E-state index in [9.17, 15) is 4.79 Å². The topological polar surface area (TPSA) is 23.6 Å². The van der Waals surface area contributed by atoms with E-state index in [0.717, 1.165) is 43.9 Å². The van der Waals surface area contributed by atoms with Crippen molar-refractivity contribution in [1.82, 2.24) is 9.80 Å². The van der Waals surface area contributed by atoms with Crippen molar-refractivity contribution in [3.8, 4) is 0 Å². The number of likely N-dealkylation sites (tertiary alicyclic amines) is 1. The van der Waals surface area contributed by atoms with Gasteiger partial charge in [0.15, 0.2) is 0 Å². The van der Waals surface area contributed by atoms with Crippen molar-refractivity contribution >= 4 is 23.3 Å². The van der Waals surface area contributed by atoms with Crippen molar-refractivity contribution in [2.45, 2.75) is 25.4 Å². The van der Waals surface area contributed by atoms with Crippen molar-refractivity contribution in [1.29, 1.82) is 0 Å². The highest BCUT2D eigenvalue weighted by Gasteiger charge is 2.31. The van der Waals surface area contributed by atoms with Crippen LogP contribution in [0.1, 0.15) is 22.4 Å². The monoisotopic (exact) mass is 338 g/mol. The number of hydrogen-bond acceptors (Lipinski definition) is 3. The number of nitrogens with zero attached hydrogens (tertiary/aromatic N) is 2. The normalized spacial score (nSPS) is 21.3. The van der Waals surface area contributed by atoms with E-state index in [1.165, 1.54) is 11.1 Å². The number of benzene rings is 1. The number of carbonyl (C=O) groups is 1. The van der Waals surface area contributed by atoms with Crippen LogP contribution in [-0.4, -0.2) is 41.4 Å². The van der Waals surface area contributed by atoms with Crippen molar-refractivity contribution in [2.75, 3.05) is 19.6 Å². The Labute approximate surface area is 147 Å². The van der Waals surface area contributed by atoms with Crippen molar-refractivity contribution in [2.24, 2.45) is 0 Å². The molecular weight excluding hydrogens is 316 g/mol. The molecule has 24 heavy (non-hydrogen) atoms. The number of fused-ring (bicyclic) bond motifs is 1. The number of hydrogen-bond donors (Lipinski definition) is 0. The van der Waals surface area contributed by atoms with Gasteiger partial charge in [0.2, 0.25) is 5.91 Å². The van der Waals surface area contributed by atoms with Crippen LogP contribution in [0.15, 0.2) is 47.9 Å². The lowest BCUT2D eigenvalue weighted by atomic mass is 9.98. The van der Waals surface area contributed by atoms with Crippen LogP contribution in [0, 0.1) is 0 Å². The predicted molar refractivity (Wildman–Crippen MR) is 98.9 cm³/mol. The van der Waals surface area contributed by atoms with Crippen LogP contribution in [0.3, 0.4) is 0 Å². The summed E-state index contributed by atoms with van der Waals surface area (Å²) in [6, 6.07) is 13.3. The summed E-state index contributed by atoms with van der Waals surface area (Å²) in [6.45, 7) is 3.86. The lowest BCUT2D eigenvalue weighted by molar-refractivity contribution is -0.125. The van der Waals surface area contributed by atoms with Crippen LogP contribution < -0.4 is 0 Å². The first-order valence-electron chi connectivity index (χ1n) is 8.61. The van der Waals surface area contributed by atoms with Gasteiger partial charge in [-0.2, -0.15) is 0 Å². The Morgan fingerprint density at radius 2 is 2.00 bits per heavy atom. The van der Waals surface area contributed by atoms with Crippen LogP contribution in [0.2, 0.25) is 0 Å². The van der Waals surface area contributed by atoms with Crippen LogP contribution in [0.4, 0.5) is 0 Å². The Hall–Kier alpha value is -1.91. The molecule has 4 rings (SSSR count). The Kier molecular flexibility index (Phi) is 4.50. The Bertz CT molecular complexity index is 738. The molecule has 0 spiro atoms. The molecule has 3 heterocycles. The van der Waals surface area contributed by atoms with E-state index in [1.807, 2.05) is 28.5 Å². The lowest BCUT2D eigenvalue weighted by Crippen LogP contribution is -2.41. The third kappa shape index (κ3) is 3.30. The van der Waals surface area contributed by atoms with Crippen molar-refractivity contribution in [3.05, 3.63) is 63.9 Å². The molecule has 1 fully saturated rings.